The molecule has 0 saturated heterocycles. The number of hydrogen-bond acceptors (Lipinski definition) is 0. The first-order valence-electron chi connectivity index (χ1n) is 4.76. The predicted octanol–water partition coefficient (Wildman–Crippen LogP) is 3.88. The second kappa shape index (κ2) is 4.14. The Hall–Kier alpha value is -1.50. The standard InChI is InChI=1S/C13H17N/c1-6-9-12-10(4)13(7-2)14(8-3)11(12)5/h6-9H,2-3H2,1,4-5H3/b9-6+. The fourth-order valence-electron chi connectivity index (χ4n) is 1.80. The highest BCUT2D eigenvalue weighted by Crippen LogP contribution is 2.24. The summed E-state index contributed by atoms with van der Waals surface area (Å²) in [6.45, 7) is 13.9. The van der Waals surface area contributed by atoms with Crippen LogP contribution in [0.3, 0.4) is 0 Å². The van der Waals surface area contributed by atoms with E-state index >= 15 is 0 Å². The smallest absolute Gasteiger partial charge is 0.0482 e. The molecular weight excluding hydrogens is 170 g/mol. The van der Waals surface area contributed by atoms with E-state index in [9.17, 15) is 0 Å². The van der Waals surface area contributed by atoms with E-state index in [1.54, 1.807) is 0 Å². The third kappa shape index (κ3) is 1.46. The molecule has 0 aliphatic carbocycles. The summed E-state index contributed by atoms with van der Waals surface area (Å²) in [5.41, 5.74) is 4.87. The summed E-state index contributed by atoms with van der Waals surface area (Å²) in [6.07, 6.45) is 7.87. The van der Waals surface area contributed by atoms with Gasteiger partial charge in [-0.05, 0) is 38.0 Å². The van der Waals surface area contributed by atoms with E-state index in [1.165, 1.54) is 16.8 Å². The zero-order chi connectivity index (χ0) is 10.7. The molecular formula is C13H17N. The van der Waals surface area contributed by atoms with Crippen LogP contribution in [-0.2, 0) is 0 Å². The second-order valence-corrected chi connectivity index (χ2v) is 3.27. The molecule has 1 nitrogen and oxygen atoms in total. The third-order valence-corrected chi connectivity index (χ3v) is 2.51. The van der Waals surface area contributed by atoms with Crippen LogP contribution in [0.5, 0.6) is 0 Å². The zero-order valence-electron chi connectivity index (χ0n) is 9.17. The van der Waals surface area contributed by atoms with Gasteiger partial charge in [0.15, 0.2) is 0 Å². The van der Waals surface area contributed by atoms with Crippen LogP contribution in [-0.4, -0.2) is 4.57 Å². The van der Waals surface area contributed by atoms with Crippen molar-refractivity contribution in [1.82, 2.24) is 4.57 Å². The number of nitrogens with zero attached hydrogens (tertiary/aromatic N) is 1. The lowest BCUT2D eigenvalue weighted by atomic mass is 10.1. The van der Waals surface area contributed by atoms with Gasteiger partial charge in [0.1, 0.15) is 0 Å². The fourth-order valence-corrected chi connectivity index (χ4v) is 1.80. The molecule has 1 heteroatoms. The van der Waals surface area contributed by atoms with Gasteiger partial charge in [-0.25, -0.2) is 0 Å². The topological polar surface area (TPSA) is 4.93 Å². The molecule has 0 N–H and O–H groups in total. The van der Waals surface area contributed by atoms with Crippen LogP contribution in [0.15, 0.2) is 19.2 Å². The van der Waals surface area contributed by atoms with Gasteiger partial charge in [-0.1, -0.05) is 25.3 Å². The van der Waals surface area contributed by atoms with Gasteiger partial charge in [0.2, 0.25) is 0 Å². The summed E-state index contributed by atoms with van der Waals surface area (Å²) in [5, 5.41) is 0. The van der Waals surface area contributed by atoms with E-state index in [4.69, 9.17) is 0 Å². The van der Waals surface area contributed by atoms with Gasteiger partial charge in [-0.3, -0.25) is 0 Å². The maximum Gasteiger partial charge on any atom is 0.0482 e. The Morgan fingerprint density at radius 1 is 1.21 bits per heavy atom. The predicted molar refractivity (Wildman–Crippen MR) is 65.1 cm³/mol. The van der Waals surface area contributed by atoms with Crippen molar-refractivity contribution >= 4 is 18.4 Å². The van der Waals surface area contributed by atoms with Crippen LogP contribution in [0.4, 0.5) is 0 Å². The second-order valence-electron chi connectivity index (χ2n) is 3.27. The SMILES string of the molecule is C=Cc1c(C)c(/C=C/C)c(C)n1C=C. The molecule has 0 fully saturated rings. The number of aromatic nitrogens is 1. The molecule has 0 radical (unpaired) electrons. The summed E-state index contributed by atoms with van der Waals surface area (Å²) in [7, 11) is 0. The molecule has 1 aromatic rings. The van der Waals surface area contributed by atoms with E-state index in [0.29, 0.717) is 0 Å². The Kier molecular flexibility index (Phi) is 3.13. The maximum atomic E-state index is 3.82. The molecule has 0 bridgehead atoms. The highest BCUT2D eigenvalue weighted by Gasteiger charge is 2.10. The van der Waals surface area contributed by atoms with Crippen molar-refractivity contribution in [3.05, 3.63) is 41.7 Å². The van der Waals surface area contributed by atoms with Crippen molar-refractivity contribution in [2.24, 2.45) is 0 Å². The van der Waals surface area contributed by atoms with Gasteiger partial charge in [-0.15, -0.1) is 0 Å². The molecule has 0 amide bonds. The highest BCUT2D eigenvalue weighted by atomic mass is 15.0. The average Bonchev–Trinajstić information content (AvgIpc) is 2.41. The third-order valence-electron chi connectivity index (χ3n) is 2.51. The number of rotatable bonds is 3. The van der Waals surface area contributed by atoms with Crippen molar-refractivity contribution < 1.29 is 0 Å². The van der Waals surface area contributed by atoms with Crippen molar-refractivity contribution in [2.45, 2.75) is 20.8 Å². The molecule has 0 aliphatic heterocycles. The largest absolute Gasteiger partial charge is 0.321 e. The normalized spacial score (nSPS) is 10.8. The Bertz CT molecular complexity index is 360. The minimum atomic E-state index is 1.13. The number of hydrogen-bond donors (Lipinski definition) is 0. The first-order valence-corrected chi connectivity index (χ1v) is 4.76. The lowest BCUT2D eigenvalue weighted by Gasteiger charge is -2.00. The van der Waals surface area contributed by atoms with Gasteiger partial charge in [0, 0.05) is 17.6 Å². The van der Waals surface area contributed by atoms with E-state index in [1.807, 2.05) is 19.2 Å². The Morgan fingerprint density at radius 2 is 1.86 bits per heavy atom. The van der Waals surface area contributed by atoms with Gasteiger partial charge in [0.25, 0.3) is 0 Å². The first kappa shape index (κ1) is 10.6. The molecule has 0 unspecified atom stereocenters. The molecule has 0 aliphatic rings. The minimum absolute atomic E-state index is 1.13. The Balaban J connectivity index is 3.53. The van der Waals surface area contributed by atoms with E-state index in [2.05, 4.69) is 43.7 Å². The molecule has 0 spiro atoms. The average molecular weight is 187 g/mol. The Labute approximate surface area is 86.1 Å². The van der Waals surface area contributed by atoms with Crippen molar-refractivity contribution in [1.29, 1.82) is 0 Å². The van der Waals surface area contributed by atoms with Crippen LogP contribution in [0.25, 0.3) is 18.4 Å². The minimum Gasteiger partial charge on any atom is -0.321 e. The molecule has 74 valence electrons. The van der Waals surface area contributed by atoms with Crippen molar-refractivity contribution in [2.75, 3.05) is 0 Å². The molecule has 0 aromatic carbocycles. The van der Waals surface area contributed by atoms with Gasteiger partial charge < -0.3 is 4.57 Å². The van der Waals surface area contributed by atoms with E-state index in [0.717, 1.165) is 5.69 Å². The van der Waals surface area contributed by atoms with Crippen LogP contribution in [0, 0.1) is 13.8 Å². The van der Waals surface area contributed by atoms with Crippen molar-refractivity contribution in [3.8, 4) is 0 Å². The molecule has 0 atom stereocenters. The monoisotopic (exact) mass is 187 g/mol. The van der Waals surface area contributed by atoms with Crippen LogP contribution >= 0.6 is 0 Å². The maximum absolute atomic E-state index is 3.82. The first-order chi connectivity index (χ1) is 6.67. The van der Waals surface area contributed by atoms with E-state index < -0.39 is 0 Å². The summed E-state index contributed by atoms with van der Waals surface area (Å²) in [5.74, 6) is 0. The van der Waals surface area contributed by atoms with Crippen LogP contribution < -0.4 is 0 Å². The quantitative estimate of drug-likeness (QED) is 0.676. The lowest BCUT2D eigenvalue weighted by Crippen LogP contribution is -1.91. The summed E-state index contributed by atoms with van der Waals surface area (Å²) >= 11 is 0. The molecule has 0 saturated carbocycles. The van der Waals surface area contributed by atoms with E-state index in [-0.39, 0.29) is 0 Å². The summed E-state index contributed by atoms with van der Waals surface area (Å²) in [4.78, 5) is 0. The lowest BCUT2D eigenvalue weighted by molar-refractivity contribution is 1.07. The number of allylic oxidation sites excluding steroid dienone is 1. The highest BCUT2D eigenvalue weighted by molar-refractivity contribution is 5.66. The molecule has 14 heavy (non-hydrogen) atoms. The fraction of sp³-hybridized carbons (Fsp3) is 0.231. The van der Waals surface area contributed by atoms with Gasteiger partial charge >= 0.3 is 0 Å². The van der Waals surface area contributed by atoms with Crippen molar-refractivity contribution in [3.63, 3.8) is 0 Å². The molecule has 1 rings (SSSR count). The summed E-state index contributed by atoms with van der Waals surface area (Å²) in [6, 6.07) is 0. The van der Waals surface area contributed by atoms with Crippen LogP contribution in [0.2, 0.25) is 0 Å². The van der Waals surface area contributed by atoms with Gasteiger partial charge in [-0.2, -0.15) is 0 Å². The van der Waals surface area contributed by atoms with Gasteiger partial charge in [0.05, 0.1) is 0 Å². The molecule has 1 aromatic heterocycles. The molecule has 1 heterocycles. The van der Waals surface area contributed by atoms with Crippen LogP contribution in [0.1, 0.15) is 29.4 Å². The zero-order valence-corrected chi connectivity index (χ0v) is 9.17. The summed E-state index contributed by atoms with van der Waals surface area (Å²) < 4.78 is 2.07. The Morgan fingerprint density at radius 3 is 2.21 bits per heavy atom.